The standard InChI is InChI=1S/C16H24N2O3/c1-6-20-15(19)14-10(3)13-11(17-14)8-16(4,5)9-12(13)18-21-7-2/h17H,6-9H2,1-5H3/b18-12-. The van der Waals surface area contributed by atoms with Crippen LogP contribution in [0.3, 0.4) is 0 Å². The predicted molar refractivity (Wildman–Crippen MR) is 81.8 cm³/mol. The van der Waals surface area contributed by atoms with Gasteiger partial charge >= 0.3 is 5.97 Å². The van der Waals surface area contributed by atoms with Gasteiger partial charge in [-0.3, -0.25) is 0 Å². The number of hydrogen-bond donors (Lipinski definition) is 1. The van der Waals surface area contributed by atoms with E-state index in [-0.39, 0.29) is 11.4 Å². The van der Waals surface area contributed by atoms with Gasteiger partial charge in [-0.15, -0.1) is 0 Å². The number of nitrogens with one attached hydrogen (secondary N) is 1. The fraction of sp³-hybridized carbons (Fsp3) is 0.625. The Kier molecular flexibility index (Phi) is 4.40. The molecule has 1 aromatic rings. The van der Waals surface area contributed by atoms with Crippen LogP contribution in [0, 0.1) is 12.3 Å². The molecule has 0 spiro atoms. The maximum absolute atomic E-state index is 12.0. The molecular formula is C16H24N2O3. The summed E-state index contributed by atoms with van der Waals surface area (Å²) in [6, 6.07) is 0. The smallest absolute Gasteiger partial charge is 0.355 e. The van der Waals surface area contributed by atoms with Crippen LogP contribution in [0.1, 0.15) is 61.4 Å². The second-order valence-electron chi connectivity index (χ2n) is 6.17. The van der Waals surface area contributed by atoms with Crippen molar-refractivity contribution in [1.29, 1.82) is 0 Å². The first kappa shape index (κ1) is 15.6. The molecule has 0 aromatic carbocycles. The number of fused-ring (bicyclic) bond motifs is 1. The summed E-state index contributed by atoms with van der Waals surface area (Å²) in [6.45, 7) is 10.9. The Morgan fingerprint density at radius 3 is 2.62 bits per heavy atom. The lowest BCUT2D eigenvalue weighted by Gasteiger charge is -2.30. The molecule has 0 fully saturated rings. The molecule has 21 heavy (non-hydrogen) atoms. The van der Waals surface area contributed by atoms with Gasteiger partial charge in [-0.25, -0.2) is 4.79 Å². The zero-order valence-electron chi connectivity index (χ0n) is 13.5. The van der Waals surface area contributed by atoms with E-state index in [9.17, 15) is 4.79 Å². The molecule has 0 radical (unpaired) electrons. The maximum Gasteiger partial charge on any atom is 0.355 e. The van der Waals surface area contributed by atoms with Crippen molar-refractivity contribution >= 4 is 11.7 Å². The van der Waals surface area contributed by atoms with Gasteiger partial charge in [0.1, 0.15) is 12.3 Å². The monoisotopic (exact) mass is 292 g/mol. The first-order chi connectivity index (χ1) is 9.89. The van der Waals surface area contributed by atoms with Crippen molar-refractivity contribution < 1.29 is 14.4 Å². The lowest BCUT2D eigenvalue weighted by atomic mass is 9.75. The van der Waals surface area contributed by atoms with Crippen molar-refractivity contribution in [3.63, 3.8) is 0 Å². The van der Waals surface area contributed by atoms with Crippen molar-refractivity contribution in [3.8, 4) is 0 Å². The Morgan fingerprint density at radius 1 is 1.29 bits per heavy atom. The van der Waals surface area contributed by atoms with E-state index in [4.69, 9.17) is 9.57 Å². The largest absolute Gasteiger partial charge is 0.461 e. The second-order valence-corrected chi connectivity index (χ2v) is 6.17. The number of esters is 1. The number of aromatic amines is 1. The van der Waals surface area contributed by atoms with Crippen LogP contribution in [-0.4, -0.2) is 29.9 Å². The topological polar surface area (TPSA) is 63.7 Å². The molecule has 0 atom stereocenters. The van der Waals surface area contributed by atoms with Crippen LogP contribution in [0.15, 0.2) is 5.16 Å². The summed E-state index contributed by atoms with van der Waals surface area (Å²) >= 11 is 0. The highest BCUT2D eigenvalue weighted by atomic mass is 16.6. The Morgan fingerprint density at radius 2 is 2.00 bits per heavy atom. The third-order valence-corrected chi connectivity index (χ3v) is 3.70. The van der Waals surface area contributed by atoms with Crippen LogP contribution in [0.25, 0.3) is 0 Å². The van der Waals surface area contributed by atoms with Gasteiger partial charge in [0.25, 0.3) is 0 Å². The number of H-pyrrole nitrogens is 1. The molecule has 2 rings (SSSR count). The van der Waals surface area contributed by atoms with Gasteiger partial charge in [-0.2, -0.15) is 0 Å². The molecular weight excluding hydrogens is 268 g/mol. The van der Waals surface area contributed by atoms with Crippen LogP contribution in [0.2, 0.25) is 0 Å². The molecule has 5 heteroatoms. The number of carbonyl (C=O) groups is 1. The average molecular weight is 292 g/mol. The van der Waals surface area contributed by atoms with Crippen LogP contribution in [0.5, 0.6) is 0 Å². The molecule has 1 aromatic heterocycles. The van der Waals surface area contributed by atoms with Crippen LogP contribution in [-0.2, 0) is 16.0 Å². The SMILES string of the molecule is CCO/N=C1/CC(C)(C)Cc2[nH]c(C(=O)OCC)c(C)c21. The van der Waals surface area contributed by atoms with E-state index in [2.05, 4.69) is 24.0 Å². The molecule has 1 aliphatic rings. The van der Waals surface area contributed by atoms with E-state index in [1.807, 2.05) is 13.8 Å². The van der Waals surface area contributed by atoms with E-state index < -0.39 is 0 Å². The van der Waals surface area contributed by atoms with Crippen molar-refractivity contribution in [2.24, 2.45) is 10.6 Å². The summed E-state index contributed by atoms with van der Waals surface area (Å²) in [4.78, 5) is 20.5. The Balaban J connectivity index is 2.48. The van der Waals surface area contributed by atoms with Gasteiger partial charge < -0.3 is 14.6 Å². The highest BCUT2D eigenvalue weighted by Gasteiger charge is 2.34. The summed E-state index contributed by atoms with van der Waals surface area (Å²) in [7, 11) is 0. The van der Waals surface area contributed by atoms with E-state index in [0.29, 0.717) is 18.9 Å². The molecule has 1 N–H and O–H groups in total. The molecule has 0 aliphatic heterocycles. The molecule has 1 aliphatic carbocycles. The first-order valence-electron chi connectivity index (χ1n) is 7.47. The number of aromatic nitrogens is 1. The fourth-order valence-corrected chi connectivity index (χ4v) is 2.89. The molecule has 0 saturated carbocycles. The fourth-order valence-electron chi connectivity index (χ4n) is 2.89. The van der Waals surface area contributed by atoms with Gasteiger partial charge in [-0.1, -0.05) is 19.0 Å². The predicted octanol–water partition coefficient (Wildman–Crippen LogP) is 3.21. The molecule has 0 unspecified atom stereocenters. The minimum atomic E-state index is -0.307. The van der Waals surface area contributed by atoms with Crippen molar-refractivity contribution in [2.75, 3.05) is 13.2 Å². The Hall–Kier alpha value is -1.78. The number of hydrogen-bond acceptors (Lipinski definition) is 4. The zero-order chi connectivity index (χ0) is 15.6. The maximum atomic E-state index is 12.0. The summed E-state index contributed by atoms with van der Waals surface area (Å²) < 4.78 is 5.11. The van der Waals surface area contributed by atoms with Crippen LogP contribution < -0.4 is 0 Å². The van der Waals surface area contributed by atoms with E-state index in [1.165, 1.54) is 0 Å². The highest BCUT2D eigenvalue weighted by molar-refractivity contribution is 6.06. The quantitative estimate of drug-likeness (QED) is 0.684. The van der Waals surface area contributed by atoms with Crippen molar-refractivity contribution in [3.05, 3.63) is 22.5 Å². The number of nitrogens with zero attached hydrogens (tertiary/aromatic N) is 1. The van der Waals surface area contributed by atoms with Crippen molar-refractivity contribution in [1.82, 2.24) is 4.98 Å². The van der Waals surface area contributed by atoms with E-state index in [1.54, 1.807) is 6.92 Å². The highest BCUT2D eigenvalue weighted by Crippen LogP contribution is 2.37. The number of oxime groups is 1. The second kappa shape index (κ2) is 5.92. The summed E-state index contributed by atoms with van der Waals surface area (Å²) in [6.07, 6.45) is 1.72. The average Bonchev–Trinajstić information content (AvgIpc) is 2.72. The molecule has 5 nitrogen and oxygen atoms in total. The van der Waals surface area contributed by atoms with Gasteiger partial charge in [0.15, 0.2) is 0 Å². The van der Waals surface area contributed by atoms with Crippen LogP contribution in [0.4, 0.5) is 0 Å². The van der Waals surface area contributed by atoms with E-state index >= 15 is 0 Å². The van der Waals surface area contributed by atoms with Gasteiger partial charge in [0, 0.05) is 11.3 Å². The molecule has 0 saturated heterocycles. The van der Waals surface area contributed by atoms with Gasteiger partial charge in [0.2, 0.25) is 0 Å². The third-order valence-electron chi connectivity index (χ3n) is 3.70. The summed E-state index contributed by atoms with van der Waals surface area (Å²) in [5.74, 6) is -0.307. The minimum absolute atomic E-state index is 0.0894. The van der Waals surface area contributed by atoms with E-state index in [0.717, 1.165) is 35.4 Å². The van der Waals surface area contributed by atoms with Gasteiger partial charge in [-0.05, 0) is 44.6 Å². The molecule has 0 amide bonds. The molecule has 1 heterocycles. The third kappa shape index (κ3) is 3.12. The summed E-state index contributed by atoms with van der Waals surface area (Å²) in [5.41, 5.74) is 4.50. The van der Waals surface area contributed by atoms with Crippen molar-refractivity contribution in [2.45, 2.75) is 47.5 Å². The minimum Gasteiger partial charge on any atom is -0.461 e. The Labute approximate surface area is 125 Å². The lowest BCUT2D eigenvalue weighted by Crippen LogP contribution is -2.27. The Bertz CT molecular complexity index is 570. The van der Waals surface area contributed by atoms with Crippen LogP contribution >= 0.6 is 0 Å². The normalized spacial score (nSPS) is 18.4. The number of carbonyl (C=O) groups excluding carboxylic acids is 1. The zero-order valence-corrected chi connectivity index (χ0v) is 13.5. The number of ether oxygens (including phenoxy) is 1. The number of rotatable bonds is 4. The lowest BCUT2D eigenvalue weighted by molar-refractivity contribution is 0.0519. The first-order valence-corrected chi connectivity index (χ1v) is 7.47. The molecule has 0 bridgehead atoms. The summed E-state index contributed by atoms with van der Waals surface area (Å²) in [5, 5.41) is 4.26. The van der Waals surface area contributed by atoms with Gasteiger partial charge in [0.05, 0.1) is 12.3 Å². The molecule has 116 valence electrons.